The minimum atomic E-state index is -4.88. The standard InChI is InChI=1S/C28H28F5N5O2S/c1-16(39)36-8-10-37(11-9-36)26-20-13-21(28(31,32)33)23(19-5-4-17(29)12-22(19)30)25-24(20)38(27(40)34-26)18(15-41-25)14-35-6-2-3-7-35/h4-5,12-13,18H,2-3,6-11,14-15H2,1H3. The summed E-state index contributed by atoms with van der Waals surface area (Å²) in [4.78, 5) is 35.6. The van der Waals surface area contributed by atoms with E-state index in [1.807, 2.05) is 0 Å². The fourth-order valence-corrected chi connectivity index (χ4v) is 7.47. The molecule has 41 heavy (non-hydrogen) atoms. The number of anilines is 1. The zero-order valence-electron chi connectivity index (χ0n) is 22.3. The van der Waals surface area contributed by atoms with Gasteiger partial charge in [0.05, 0.1) is 17.1 Å². The van der Waals surface area contributed by atoms with Gasteiger partial charge in [-0.2, -0.15) is 18.2 Å². The van der Waals surface area contributed by atoms with Crippen molar-refractivity contribution in [2.24, 2.45) is 0 Å². The number of rotatable bonds is 4. The van der Waals surface area contributed by atoms with Gasteiger partial charge in [-0.3, -0.25) is 9.36 Å². The van der Waals surface area contributed by atoms with E-state index >= 15 is 4.39 Å². The van der Waals surface area contributed by atoms with Crippen molar-refractivity contribution in [1.29, 1.82) is 0 Å². The largest absolute Gasteiger partial charge is 0.417 e. The number of carbonyl (C=O) groups excluding carboxylic acids is 1. The molecule has 0 saturated carbocycles. The van der Waals surface area contributed by atoms with Gasteiger partial charge in [0.2, 0.25) is 5.91 Å². The lowest BCUT2D eigenvalue weighted by Gasteiger charge is -2.37. The predicted octanol–water partition coefficient (Wildman–Crippen LogP) is 4.77. The van der Waals surface area contributed by atoms with E-state index in [2.05, 4.69) is 9.88 Å². The summed E-state index contributed by atoms with van der Waals surface area (Å²) in [5.41, 5.74) is -2.17. The molecule has 0 bridgehead atoms. The van der Waals surface area contributed by atoms with Crippen LogP contribution in [-0.2, 0) is 11.0 Å². The van der Waals surface area contributed by atoms with Crippen molar-refractivity contribution in [3.05, 3.63) is 51.9 Å². The molecule has 0 radical (unpaired) electrons. The van der Waals surface area contributed by atoms with E-state index in [1.54, 1.807) is 9.80 Å². The molecule has 1 amide bonds. The number of likely N-dealkylation sites (tertiary alicyclic amines) is 1. The third kappa shape index (κ3) is 5.07. The maximum Gasteiger partial charge on any atom is 0.417 e. The number of halogens is 5. The van der Waals surface area contributed by atoms with Gasteiger partial charge in [0.15, 0.2) is 0 Å². The lowest BCUT2D eigenvalue weighted by Crippen LogP contribution is -2.49. The second kappa shape index (κ2) is 10.6. The molecule has 0 aliphatic carbocycles. The minimum Gasteiger partial charge on any atom is -0.352 e. The average molecular weight is 594 g/mol. The summed E-state index contributed by atoms with van der Waals surface area (Å²) in [5, 5.41) is 0.146. The summed E-state index contributed by atoms with van der Waals surface area (Å²) >= 11 is 1.16. The van der Waals surface area contributed by atoms with Gasteiger partial charge in [0, 0.05) is 72.9 Å². The molecule has 1 aromatic heterocycles. The van der Waals surface area contributed by atoms with Gasteiger partial charge in [-0.25, -0.2) is 13.6 Å². The van der Waals surface area contributed by atoms with E-state index in [9.17, 15) is 27.2 Å². The third-order valence-corrected chi connectivity index (χ3v) is 9.37. The molecule has 3 aromatic rings. The minimum absolute atomic E-state index is 0.110. The first-order valence-corrected chi connectivity index (χ1v) is 14.5. The molecule has 2 aromatic carbocycles. The van der Waals surface area contributed by atoms with E-state index in [4.69, 9.17) is 0 Å². The summed E-state index contributed by atoms with van der Waals surface area (Å²) in [6, 6.07) is 3.11. The van der Waals surface area contributed by atoms with Gasteiger partial charge in [0.1, 0.15) is 17.5 Å². The molecule has 0 spiro atoms. The number of piperazine rings is 1. The van der Waals surface area contributed by atoms with Gasteiger partial charge < -0.3 is 14.7 Å². The van der Waals surface area contributed by atoms with Crippen LogP contribution in [0.2, 0.25) is 0 Å². The number of benzene rings is 2. The molecule has 2 saturated heterocycles. The van der Waals surface area contributed by atoms with E-state index < -0.39 is 34.6 Å². The lowest BCUT2D eigenvalue weighted by atomic mass is 9.95. The summed E-state index contributed by atoms with van der Waals surface area (Å²) in [6.07, 6.45) is -2.81. The van der Waals surface area contributed by atoms with Crippen molar-refractivity contribution < 1.29 is 26.7 Å². The van der Waals surface area contributed by atoms with Crippen LogP contribution in [0.3, 0.4) is 0 Å². The quantitative estimate of drug-likeness (QED) is 0.407. The highest BCUT2D eigenvalue weighted by Gasteiger charge is 2.40. The van der Waals surface area contributed by atoms with E-state index in [-0.39, 0.29) is 39.1 Å². The van der Waals surface area contributed by atoms with Crippen molar-refractivity contribution >= 4 is 34.4 Å². The van der Waals surface area contributed by atoms with Crippen molar-refractivity contribution in [3.63, 3.8) is 0 Å². The van der Waals surface area contributed by atoms with Gasteiger partial charge in [-0.05, 0) is 44.1 Å². The lowest BCUT2D eigenvalue weighted by molar-refractivity contribution is -0.137. The number of carbonyl (C=O) groups is 1. The van der Waals surface area contributed by atoms with Crippen LogP contribution in [0.1, 0.15) is 31.4 Å². The van der Waals surface area contributed by atoms with Crippen LogP contribution in [-0.4, -0.2) is 76.8 Å². The Bertz CT molecular complexity index is 1580. The number of hydrogen-bond donors (Lipinski definition) is 0. The van der Waals surface area contributed by atoms with Crippen molar-refractivity contribution in [2.75, 3.05) is 56.5 Å². The second-order valence-electron chi connectivity index (χ2n) is 10.7. The zero-order chi connectivity index (χ0) is 29.1. The van der Waals surface area contributed by atoms with Gasteiger partial charge >= 0.3 is 11.9 Å². The number of alkyl halides is 3. The first kappa shape index (κ1) is 28.0. The smallest absolute Gasteiger partial charge is 0.352 e. The van der Waals surface area contributed by atoms with Crippen LogP contribution in [0, 0.1) is 11.6 Å². The molecule has 1 atom stereocenters. The Hall–Kier alpha value is -3.19. The molecule has 3 aliphatic rings. The Morgan fingerprint density at radius 1 is 1.05 bits per heavy atom. The topological polar surface area (TPSA) is 61.7 Å². The van der Waals surface area contributed by atoms with Crippen molar-refractivity contribution in [3.8, 4) is 11.1 Å². The van der Waals surface area contributed by atoms with Crippen LogP contribution >= 0.6 is 11.8 Å². The molecule has 218 valence electrons. The third-order valence-electron chi connectivity index (χ3n) is 8.13. The van der Waals surface area contributed by atoms with Gasteiger partial charge in [-0.15, -0.1) is 11.8 Å². The molecule has 6 rings (SSSR count). The van der Waals surface area contributed by atoms with Crippen LogP contribution in [0.4, 0.5) is 27.8 Å². The molecule has 0 N–H and O–H groups in total. The fourth-order valence-electron chi connectivity index (χ4n) is 6.15. The summed E-state index contributed by atoms with van der Waals surface area (Å²) in [6.45, 7) is 5.00. The van der Waals surface area contributed by atoms with Crippen molar-refractivity contribution in [1.82, 2.24) is 19.4 Å². The SMILES string of the molecule is CC(=O)N1CCN(c2nc(=O)n3c4c(c(-c5ccc(F)cc5F)c(C(F)(F)F)cc24)SCC3CN2CCCC2)CC1. The highest BCUT2D eigenvalue weighted by molar-refractivity contribution is 7.99. The first-order valence-electron chi connectivity index (χ1n) is 13.5. The molecule has 1 unspecified atom stereocenters. The highest BCUT2D eigenvalue weighted by Crippen LogP contribution is 2.50. The molecular weight excluding hydrogens is 565 g/mol. The molecular formula is C28H28F5N5O2S. The number of thioether (sulfide) groups is 1. The molecule has 3 aliphatic heterocycles. The number of hydrogen-bond acceptors (Lipinski definition) is 6. The number of amides is 1. The Labute approximate surface area is 236 Å². The normalized spacial score (nSPS) is 19.8. The van der Waals surface area contributed by atoms with E-state index in [0.717, 1.165) is 55.9 Å². The monoisotopic (exact) mass is 593 g/mol. The van der Waals surface area contributed by atoms with Crippen LogP contribution in [0.15, 0.2) is 34.0 Å². The Morgan fingerprint density at radius 3 is 2.39 bits per heavy atom. The van der Waals surface area contributed by atoms with E-state index in [0.29, 0.717) is 44.5 Å². The van der Waals surface area contributed by atoms with Crippen molar-refractivity contribution in [2.45, 2.75) is 36.9 Å². The molecule has 7 nitrogen and oxygen atoms in total. The predicted molar refractivity (Wildman–Crippen MR) is 146 cm³/mol. The van der Waals surface area contributed by atoms with E-state index in [1.165, 1.54) is 11.5 Å². The molecule has 2 fully saturated rings. The average Bonchev–Trinajstić information content (AvgIpc) is 3.43. The summed E-state index contributed by atoms with van der Waals surface area (Å²) < 4.78 is 74.4. The van der Waals surface area contributed by atoms with Gasteiger partial charge in [0.25, 0.3) is 0 Å². The van der Waals surface area contributed by atoms with Crippen LogP contribution < -0.4 is 10.6 Å². The maximum absolute atomic E-state index is 15.1. The van der Waals surface area contributed by atoms with Crippen LogP contribution in [0.5, 0.6) is 0 Å². The Kier molecular flexibility index (Phi) is 7.21. The van der Waals surface area contributed by atoms with Crippen LogP contribution in [0.25, 0.3) is 22.0 Å². The molecule has 13 heteroatoms. The fraction of sp³-hybridized carbons (Fsp3) is 0.464. The first-order chi connectivity index (χ1) is 19.5. The Morgan fingerprint density at radius 2 is 1.76 bits per heavy atom. The maximum atomic E-state index is 15.1. The summed E-state index contributed by atoms with van der Waals surface area (Å²) in [7, 11) is 0. The second-order valence-corrected chi connectivity index (χ2v) is 11.7. The highest BCUT2D eigenvalue weighted by atomic mass is 32.2. The number of aromatic nitrogens is 2. The summed E-state index contributed by atoms with van der Waals surface area (Å²) in [5.74, 6) is -1.71. The zero-order valence-corrected chi connectivity index (χ0v) is 23.1. The Balaban J connectivity index is 1.62. The van der Waals surface area contributed by atoms with Gasteiger partial charge in [-0.1, -0.05) is 0 Å². The molecule has 4 heterocycles. The number of nitrogens with zero attached hydrogens (tertiary/aromatic N) is 5.